The van der Waals surface area contributed by atoms with Crippen molar-refractivity contribution in [1.29, 1.82) is 0 Å². The Morgan fingerprint density at radius 2 is 1.73 bits per heavy atom. The predicted octanol–water partition coefficient (Wildman–Crippen LogP) is 0.818. The van der Waals surface area contributed by atoms with Crippen molar-refractivity contribution in [3.63, 3.8) is 0 Å². The third kappa shape index (κ3) is 3.60. The molecule has 0 aromatic carbocycles. The van der Waals surface area contributed by atoms with Crippen molar-refractivity contribution in [3.8, 4) is 0 Å². The van der Waals surface area contributed by atoms with E-state index in [4.69, 9.17) is 10.2 Å². The highest BCUT2D eigenvalue weighted by atomic mass is 16.4. The molecule has 2 N–H and O–H groups in total. The van der Waals surface area contributed by atoms with Gasteiger partial charge in [-0.15, -0.1) is 0 Å². The van der Waals surface area contributed by atoms with Crippen LogP contribution in [0.25, 0.3) is 0 Å². The van der Waals surface area contributed by atoms with E-state index >= 15 is 0 Å². The molecule has 0 aromatic rings. The van der Waals surface area contributed by atoms with Gasteiger partial charge >= 0.3 is 11.9 Å². The van der Waals surface area contributed by atoms with Crippen LogP contribution in [0.4, 0.5) is 0 Å². The number of carboxylic acids is 2. The van der Waals surface area contributed by atoms with E-state index in [-0.39, 0.29) is 12.3 Å². The number of rotatable bonds is 4. The molecule has 0 saturated carbocycles. The molecule has 2 atom stereocenters. The summed E-state index contributed by atoms with van der Waals surface area (Å²) in [5.74, 6) is -2.81. The van der Waals surface area contributed by atoms with Crippen molar-refractivity contribution in [2.75, 3.05) is 0 Å². The standard InChI is InChI=1S/C7H12O4/c1-4(3-6(8)9)5(2)7(10)11/h4-5H,3H2,1-2H3,(H,8,9)(H,10,11)/t4-,5-/m0/s1. The van der Waals surface area contributed by atoms with E-state index in [9.17, 15) is 9.59 Å². The van der Waals surface area contributed by atoms with Gasteiger partial charge in [-0.05, 0) is 5.92 Å². The summed E-state index contributed by atoms with van der Waals surface area (Å²) in [4.78, 5) is 20.5. The molecule has 4 nitrogen and oxygen atoms in total. The minimum absolute atomic E-state index is 0.0898. The van der Waals surface area contributed by atoms with E-state index in [0.717, 1.165) is 0 Å². The molecule has 0 rings (SSSR count). The monoisotopic (exact) mass is 160 g/mol. The van der Waals surface area contributed by atoms with Crippen LogP contribution >= 0.6 is 0 Å². The molecule has 0 heterocycles. The number of hydrogen-bond acceptors (Lipinski definition) is 2. The SMILES string of the molecule is C[C@H](C(=O)O)[C@@H](C)CC(=O)O. The van der Waals surface area contributed by atoms with Crippen LogP contribution in [0.3, 0.4) is 0 Å². The predicted molar refractivity (Wildman–Crippen MR) is 38.2 cm³/mol. The van der Waals surface area contributed by atoms with Crippen LogP contribution in [0.5, 0.6) is 0 Å². The fourth-order valence-corrected chi connectivity index (χ4v) is 0.696. The highest BCUT2D eigenvalue weighted by Crippen LogP contribution is 2.14. The lowest BCUT2D eigenvalue weighted by atomic mass is 9.93. The molecule has 0 amide bonds. The molecule has 0 aromatic heterocycles. The van der Waals surface area contributed by atoms with Gasteiger partial charge in [-0.3, -0.25) is 9.59 Å². The van der Waals surface area contributed by atoms with Crippen molar-refractivity contribution in [1.82, 2.24) is 0 Å². The van der Waals surface area contributed by atoms with Crippen molar-refractivity contribution < 1.29 is 19.8 Å². The first-order valence-electron chi connectivity index (χ1n) is 3.39. The normalized spacial score (nSPS) is 15.5. The zero-order chi connectivity index (χ0) is 9.02. The maximum atomic E-state index is 10.3. The van der Waals surface area contributed by atoms with E-state index in [0.29, 0.717) is 0 Å². The second-order valence-corrected chi connectivity index (χ2v) is 2.70. The first kappa shape index (κ1) is 9.94. The lowest BCUT2D eigenvalue weighted by Gasteiger charge is -2.12. The van der Waals surface area contributed by atoms with Crippen LogP contribution < -0.4 is 0 Å². The number of carbonyl (C=O) groups is 2. The summed E-state index contributed by atoms with van der Waals surface area (Å²) in [5, 5.41) is 16.8. The molecule has 0 radical (unpaired) electrons. The molecule has 0 bridgehead atoms. The first-order chi connectivity index (χ1) is 4.95. The Morgan fingerprint density at radius 1 is 1.27 bits per heavy atom. The Labute approximate surface area is 64.8 Å². The van der Waals surface area contributed by atoms with E-state index < -0.39 is 17.9 Å². The van der Waals surface area contributed by atoms with Gasteiger partial charge in [0.2, 0.25) is 0 Å². The summed E-state index contributed by atoms with van der Waals surface area (Å²) >= 11 is 0. The quantitative estimate of drug-likeness (QED) is 0.638. The summed E-state index contributed by atoms with van der Waals surface area (Å²) in [7, 11) is 0. The Balaban J connectivity index is 3.92. The van der Waals surface area contributed by atoms with Crippen molar-refractivity contribution in [2.24, 2.45) is 11.8 Å². The van der Waals surface area contributed by atoms with E-state index in [1.807, 2.05) is 0 Å². The Bertz CT molecular complexity index is 164. The highest BCUT2D eigenvalue weighted by Gasteiger charge is 2.21. The molecular weight excluding hydrogens is 148 g/mol. The second kappa shape index (κ2) is 3.95. The molecule has 0 aliphatic heterocycles. The molecule has 4 heteroatoms. The van der Waals surface area contributed by atoms with Crippen molar-refractivity contribution >= 4 is 11.9 Å². The first-order valence-corrected chi connectivity index (χ1v) is 3.39. The second-order valence-electron chi connectivity index (χ2n) is 2.70. The molecule has 0 unspecified atom stereocenters. The van der Waals surface area contributed by atoms with Crippen LogP contribution in [-0.4, -0.2) is 22.2 Å². The zero-order valence-corrected chi connectivity index (χ0v) is 6.57. The van der Waals surface area contributed by atoms with E-state index in [1.165, 1.54) is 6.92 Å². The fraction of sp³-hybridized carbons (Fsp3) is 0.714. The van der Waals surface area contributed by atoms with Gasteiger partial charge in [0.15, 0.2) is 0 Å². The summed E-state index contributed by atoms with van der Waals surface area (Å²) in [6.45, 7) is 3.13. The molecule has 0 saturated heterocycles. The van der Waals surface area contributed by atoms with Crippen LogP contribution in [-0.2, 0) is 9.59 Å². The average molecular weight is 160 g/mol. The van der Waals surface area contributed by atoms with Gasteiger partial charge in [0, 0.05) is 6.42 Å². The lowest BCUT2D eigenvalue weighted by molar-refractivity contribution is -0.144. The molecule has 0 aliphatic rings. The molecule has 0 spiro atoms. The van der Waals surface area contributed by atoms with Crippen LogP contribution in [0.1, 0.15) is 20.3 Å². The number of aliphatic carboxylic acids is 2. The van der Waals surface area contributed by atoms with E-state index in [1.54, 1.807) is 6.92 Å². The van der Waals surface area contributed by atoms with Crippen LogP contribution in [0.2, 0.25) is 0 Å². The van der Waals surface area contributed by atoms with Crippen molar-refractivity contribution in [2.45, 2.75) is 20.3 Å². The van der Waals surface area contributed by atoms with Gasteiger partial charge in [-0.25, -0.2) is 0 Å². The summed E-state index contributed by atoms with van der Waals surface area (Å²) in [6.07, 6.45) is -0.0898. The van der Waals surface area contributed by atoms with Gasteiger partial charge in [0.1, 0.15) is 0 Å². The lowest BCUT2D eigenvalue weighted by Crippen LogP contribution is -2.20. The number of carboxylic acid groups (broad SMARTS) is 2. The van der Waals surface area contributed by atoms with Gasteiger partial charge in [0.25, 0.3) is 0 Å². The minimum Gasteiger partial charge on any atom is -0.481 e. The minimum atomic E-state index is -0.953. The van der Waals surface area contributed by atoms with Crippen LogP contribution in [0.15, 0.2) is 0 Å². The molecular formula is C7H12O4. The smallest absolute Gasteiger partial charge is 0.306 e. The molecule has 64 valence electrons. The van der Waals surface area contributed by atoms with E-state index in [2.05, 4.69) is 0 Å². The summed E-state index contributed by atoms with van der Waals surface area (Å²) in [5.41, 5.74) is 0. The van der Waals surface area contributed by atoms with Gasteiger partial charge in [-0.2, -0.15) is 0 Å². The fourth-order valence-electron chi connectivity index (χ4n) is 0.696. The third-order valence-electron chi connectivity index (χ3n) is 1.74. The third-order valence-corrected chi connectivity index (χ3v) is 1.74. The van der Waals surface area contributed by atoms with Crippen LogP contribution in [0, 0.1) is 11.8 Å². The van der Waals surface area contributed by atoms with Gasteiger partial charge in [-0.1, -0.05) is 13.8 Å². The maximum absolute atomic E-state index is 10.3. The summed E-state index contributed by atoms with van der Waals surface area (Å²) < 4.78 is 0. The topological polar surface area (TPSA) is 74.6 Å². The maximum Gasteiger partial charge on any atom is 0.306 e. The molecule has 0 aliphatic carbocycles. The molecule has 11 heavy (non-hydrogen) atoms. The highest BCUT2D eigenvalue weighted by molar-refractivity contribution is 5.72. The van der Waals surface area contributed by atoms with Crippen molar-refractivity contribution in [3.05, 3.63) is 0 Å². The Hall–Kier alpha value is -1.06. The Morgan fingerprint density at radius 3 is 2.00 bits per heavy atom. The zero-order valence-electron chi connectivity index (χ0n) is 6.57. The Kier molecular flexibility index (Phi) is 3.57. The van der Waals surface area contributed by atoms with Gasteiger partial charge in [0.05, 0.1) is 5.92 Å². The molecule has 0 fully saturated rings. The summed E-state index contributed by atoms with van der Waals surface area (Å²) in [6, 6.07) is 0. The largest absolute Gasteiger partial charge is 0.481 e. The van der Waals surface area contributed by atoms with Gasteiger partial charge < -0.3 is 10.2 Å². The number of hydrogen-bond donors (Lipinski definition) is 2. The average Bonchev–Trinajstić information content (AvgIpc) is 1.84.